The van der Waals surface area contributed by atoms with Gasteiger partial charge in [0.05, 0.1) is 4.47 Å². The lowest BCUT2D eigenvalue weighted by atomic mass is 10.1. The van der Waals surface area contributed by atoms with Crippen molar-refractivity contribution in [1.29, 1.82) is 0 Å². The van der Waals surface area contributed by atoms with Gasteiger partial charge in [-0.15, -0.1) is 10.2 Å². The Labute approximate surface area is 152 Å². The third kappa shape index (κ3) is 5.44. The zero-order valence-corrected chi connectivity index (χ0v) is 16.1. The van der Waals surface area contributed by atoms with Crippen LogP contribution in [0.4, 0.5) is 5.13 Å². The van der Waals surface area contributed by atoms with Crippen LogP contribution in [0.5, 0.6) is 5.75 Å². The van der Waals surface area contributed by atoms with Gasteiger partial charge in [0.1, 0.15) is 10.8 Å². The van der Waals surface area contributed by atoms with Crippen molar-refractivity contribution in [1.82, 2.24) is 10.2 Å². The van der Waals surface area contributed by atoms with E-state index in [1.807, 2.05) is 0 Å². The molecule has 0 bridgehead atoms. The number of nitrogens with one attached hydrogen (secondary N) is 1. The molecule has 0 aliphatic carbocycles. The van der Waals surface area contributed by atoms with Gasteiger partial charge in [0.25, 0.3) is 5.91 Å². The van der Waals surface area contributed by atoms with Gasteiger partial charge in [-0.25, -0.2) is 0 Å². The van der Waals surface area contributed by atoms with Crippen molar-refractivity contribution in [3.8, 4) is 5.75 Å². The maximum atomic E-state index is 12.2. The quantitative estimate of drug-likeness (QED) is 0.747. The molecule has 0 aliphatic rings. The first-order chi connectivity index (χ1) is 10.8. The summed E-state index contributed by atoms with van der Waals surface area (Å²) in [5.41, 5.74) is 0. The van der Waals surface area contributed by atoms with Gasteiger partial charge >= 0.3 is 0 Å². The van der Waals surface area contributed by atoms with Gasteiger partial charge in [0, 0.05) is 11.4 Å². The van der Waals surface area contributed by atoms with Crippen molar-refractivity contribution in [2.24, 2.45) is 5.92 Å². The summed E-state index contributed by atoms with van der Waals surface area (Å²) >= 11 is 10.6. The molecule has 0 saturated carbocycles. The molecule has 1 unspecified atom stereocenters. The first-order valence-electron chi connectivity index (χ1n) is 7.10. The van der Waals surface area contributed by atoms with Gasteiger partial charge in [-0.2, -0.15) is 0 Å². The van der Waals surface area contributed by atoms with E-state index in [2.05, 4.69) is 45.3 Å². The molecule has 8 heteroatoms. The number of halogens is 2. The average Bonchev–Trinajstić information content (AvgIpc) is 2.88. The van der Waals surface area contributed by atoms with Crippen LogP contribution in [0.2, 0.25) is 5.02 Å². The first kappa shape index (κ1) is 18.2. The number of carbonyl (C=O) groups excluding carboxylic acids is 1. The number of anilines is 1. The van der Waals surface area contributed by atoms with Gasteiger partial charge in [0.15, 0.2) is 6.10 Å². The van der Waals surface area contributed by atoms with Crippen molar-refractivity contribution in [2.45, 2.75) is 33.3 Å². The molecule has 124 valence electrons. The number of aromatic nitrogens is 2. The molecule has 1 aromatic heterocycles. The van der Waals surface area contributed by atoms with E-state index in [4.69, 9.17) is 16.3 Å². The molecular weight excluding hydrogens is 402 g/mol. The predicted molar refractivity (Wildman–Crippen MR) is 96.3 cm³/mol. The lowest BCUT2D eigenvalue weighted by Gasteiger charge is -2.14. The minimum absolute atomic E-state index is 0.279. The third-order valence-electron chi connectivity index (χ3n) is 2.85. The largest absolute Gasteiger partial charge is 0.480 e. The Hall–Kier alpha value is -1.18. The average molecular weight is 419 g/mol. The topological polar surface area (TPSA) is 64.1 Å². The fourth-order valence-corrected chi connectivity index (χ4v) is 3.49. The van der Waals surface area contributed by atoms with Crippen LogP contribution in [0.15, 0.2) is 22.7 Å². The number of hydrogen-bond donors (Lipinski definition) is 1. The van der Waals surface area contributed by atoms with E-state index in [-0.39, 0.29) is 5.91 Å². The van der Waals surface area contributed by atoms with Crippen LogP contribution in [0, 0.1) is 5.92 Å². The normalized spacial score (nSPS) is 12.3. The molecule has 0 spiro atoms. The van der Waals surface area contributed by atoms with Crippen LogP contribution in [-0.4, -0.2) is 22.2 Å². The summed E-state index contributed by atoms with van der Waals surface area (Å²) in [5.74, 6) is 0.768. The van der Waals surface area contributed by atoms with Gasteiger partial charge < -0.3 is 4.74 Å². The highest BCUT2D eigenvalue weighted by atomic mass is 79.9. The van der Waals surface area contributed by atoms with E-state index in [0.717, 1.165) is 11.4 Å². The molecule has 0 radical (unpaired) electrons. The highest BCUT2D eigenvalue weighted by Crippen LogP contribution is 2.29. The van der Waals surface area contributed by atoms with Crippen LogP contribution in [0.3, 0.4) is 0 Å². The van der Waals surface area contributed by atoms with Crippen molar-refractivity contribution < 1.29 is 9.53 Å². The Morgan fingerprint density at radius 3 is 2.78 bits per heavy atom. The van der Waals surface area contributed by atoms with Crippen molar-refractivity contribution in [3.63, 3.8) is 0 Å². The minimum Gasteiger partial charge on any atom is -0.480 e. The number of nitrogens with zero attached hydrogens (tertiary/aromatic N) is 2. The van der Waals surface area contributed by atoms with Crippen LogP contribution >= 0.6 is 38.9 Å². The summed E-state index contributed by atoms with van der Waals surface area (Å²) in [6, 6.07) is 5.13. The number of ether oxygens (including phenoxy) is 1. The Bertz CT molecular complexity index is 693. The number of benzene rings is 1. The van der Waals surface area contributed by atoms with E-state index in [0.29, 0.717) is 26.3 Å². The molecule has 1 N–H and O–H groups in total. The van der Waals surface area contributed by atoms with Gasteiger partial charge in [0.2, 0.25) is 5.13 Å². The summed E-state index contributed by atoms with van der Waals surface area (Å²) in [5, 5.41) is 12.8. The molecule has 1 amide bonds. The number of carbonyl (C=O) groups is 1. The first-order valence-corrected chi connectivity index (χ1v) is 9.09. The number of hydrogen-bond acceptors (Lipinski definition) is 5. The standard InChI is InChI=1S/C15H17BrClN3O2S/c1-8(2)6-13-19-20-15(23-13)18-14(21)9(3)22-12-5-4-10(17)7-11(12)16/h4-5,7-9H,6H2,1-3H3,(H,18,20,21). The van der Waals surface area contributed by atoms with Gasteiger partial charge in [-0.3, -0.25) is 10.1 Å². The van der Waals surface area contributed by atoms with Crippen LogP contribution in [0.25, 0.3) is 0 Å². The molecule has 2 rings (SSSR count). The second-order valence-electron chi connectivity index (χ2n) is 5.42. The molecule has 5 nitrogen and oxygen atoms in total. The number of rotatable bonds is 6. The van der Waals surface area contributed by atoms with E-state index >= 15 is 0 Å². The van der Waals surface area contributed by atoms with Gasteiger partial charge in [-0.1, -0.05) is 36.8 Å². The Kier molecular flexibility index (Phi) is 6.38. The smallest absolute Gasteiger partial charge is 0.266 e. The summed E-state index contributed by atoms with van der Waals surface area (Å²) in [4.78, 5) is 12.2. The van der Waals surface area contributed by atoms with Crippen molar-refractivity contribution >= 4 is 49.9 Å². The maximum absolute atomic E-state index is 12.2. The Morgan fingerprint density at radius 2 is 2.13 bits per heavy atom. The zero-order chi connectivity index (χ0) is 17.0. The second kappa shape index (κ2) is 8.08. The lowest BCUT2D eigenvalue weighted by molar-refractivity contribution is -0.122. The van der Waals surface area contributed by atoms with Crippen LogP contribution in [-0.2, 0) is 11.2 Å². The van der Waals surface area contributed by atoms with Crippen LogP contribution < -0.4 is 10.1 Å². The highest BCUT2D eigenvalue weighted by Gasteiger charge is 2.18. The summed E-state index contributed by atoms with van der Waals surface area (Å²) in [7, 11) is 0. The minimum atomic E-state index is -0.676. The predicted octanol–water partition coefficient (Wildman–Crippen LogP) is 4.56. The van der Waals surface area contributed by atoms with E-state index < -0.39 is 6.10 Å². The SMILES string of the molecule is CC(C)Cc1nnc(NC(=O)C(C)Oc2ccc(Cl)cc2Br)s1. The third-order valence-corrected chi connectivity index (χ3v) is 4.56. The molecule has 23 heavy (non-hydrogen) atoms. The molecule has 2 aromatic rings. The molecule has 1 heterocycles. The molecule has 0 aliphatic heterocycles. The molecule has 1 aromatic carbocycles. The molecule has 0 fully saturated rings. The molecular formula is C15H17BrClN3O2S. The Balaban J connectivity index is 1.95. The summed E-state index contributed by atoms with van der Waals surface area (Å²) in [6.07, 6.45) is 0.169. The van der Waals surface area contributed by atoms with E-state index in [1.54, 1.807) is 25.1 Å². The monoisotopic (exact) mass is 417 g/mol. The van der Waals surface area contributed by atoms with E-state index in [1.165, 1.54) is 11.3 Å². The van der Waals surface area contributed by atoms with Crippen molar-refractivity contribution in [3.05, 3.63) is 32.7 Å². The summed E-state index contributed by atoms with van der Waals surface area (Å²) < 4.78 is 6.34. The van der Waals surface area contributed by atoms with Gasteiger partial charge in [-0.05, 0) is 47.0 Å². The maximum Gasteiger partial charge on any atom is 0.266 e. The lowest BCUT2D eigenvalue weighted by Crippen LogP contribution is -2.30. The molecule has 1 atom stereocenters. The highest BCUT2D eigenvalue weighted by molar-refractivity contribution is 9.10. The second-order valence-corrected chi connectivity index (χ2v) is 7.78. The van der Waals surface area contributed by atoms with Crippen LogP contribution in [0.1, 0.15) is 25.8 Å². The molecule has 0 saturated heterocycles. The fourth-order valence-electron chi connectivity index (χ4n) is 1.76. The zero-order valence-electron chi connectivity index (χ0n) is 13.0. The fraction of sp³-hybridized carbons (Fsp3) is 0.400. The number of amides is 1. The van der Waals surface area contributed by atoms with E-state index in [9.17, 15) is 4.79 Å². The van der Waals surface area contributed by atoms with Crippen molar-refractivity contribution in [2.75, 3.05) is 5.32 Å². The Morgan fingerprint density at radius 1 is 1.39 bits per heavy atom. The summed E-state index contributed by atoms with van der Waals surface area (Å²) in [6.45, 7) is 5.89.